The highest BCUT2D eigenvalue weighted by atomic mass is 35.5. The molecule has 0 unspecified atom stereocenters. The smallest absolute Gasteiger partial charge is 0.127 e. The summed E-state index contributed by atoms with van der Waals surface area (Å²) in [4.78, 5) is 4.46. The van der Waals surface area contributed by atoms with E-state index >= 15 is 0 Å². The lowest BCUT2D eigenvalue weighted by atomic mass is 10.2. The summed E-state index contributed by atoms with van der Waals surface area (Å²) in [6, 6.07) is 22.6. The first kappa shape index (κ1) is 16.1. The maximum atomic E-state index is 6.02. The van der Waals surface area contributed by atoms with Gasteiger partial charge in [0.25, 0.3) is 0 Å². The van der Waals surface area contributed by atoms with Crippen molar-refractivity contribution in [3.05, 3.63) is 83.4 Å². The molecule has 0 N–H and O–H groups in total. The van der Waals surface area contributed by atoms with Crippen LogP contribution in [0.3, 0.4) is 0 Å². The maximum absolute atomic E-state index is 6.02. The number of halogens is 1. The van der Waals surface area contributed by atoms with E-state index in [0.717, 1.165) is 28.5 Å². The van der Waals surface area contributed by atoms with Gasteiger partial charge in [-0.2, -0.15) is 0 Å². The summed E-state index contributed by atoms with van der Waals surface area (Å²) in [5.74, 6) is 2.30. The predicted octanol–water partition coefficient (Wildman–Crippen LogP) is 5.89. The van der Waals surface area contributed by atoms with Gasteiger partial charge < -0.3 is 9.47 Å². The van der Waals surface area contributed by atoms with Gasteiger partial charge in [-0.15, -0.1) is 0 Å². The van der Waals surface area contributed by atoms with Gasteiger partial charge in [-0.05, 0) is 54.6 Å². The Balaban J connectivity index is 1.73. The molecule has 3 nitrogen and oxygen atoms in total. The van der Waals surface area contributed by atoms with Gasteiger partial charge in [0.1, 0.15) is 17.2 Å². The number of hydrogen-bond acceptors (Lipinski definition) is 3. The van der Waals surface area contributed by atoms with E-state index in [2.05, 4.69) is 4.99 Å². The Kier molecular flexibility index (Phi) is 5.14. The molecule has 0 amide bonds. The Morgan fingerprint density at radius 3 is 2.29 bits per heavy atom. The molecule has 0 aliphatic heterocycles. The monoisotopic (exact) mass is 337 g/mol. The molecule has 0 aromatic heterocycles. The van der Waals surface area contributed by atoms with Gasteiger partial charge in [-0.25, -0.2) is 0 Å². The zero-order valence-electron chi connectivity index (χ0n) is 13.1. The van der Waals surface area contributed by atoms with Crippen LogP contribution in [0.4, 0.5) is 5.69 Å². The Labute approximate surface area is 146 Å². The molecule has 0 saturated carbocycles. The van der Waals surface area contributed by atoms with E-state index < -0.39 is 0 Å². The molecule has 0 fully saturated rings. The van der Waals surface area contributed by atoms with Crippen molar-refractivity contribution in [2.24, 2.45) is 4.99 Å². The minimum absolute atomic E-state index is 0.642. The molecule has 3 rings (SSSR count). The average Bonchev–Trinajstić information content (AvgIpc) is 2.62. The van der Waals surface area contributed by atoms with Crippen LogP contribution in [-0.4, -0.2) is 13.3 Å². The van der Waals surface area contributed by atoms with Crippen LogP contribution < -0.4 is 9.47 Å². The van der Waals surface area contributed by atoms with E-state index in [1.807, 2.05) is 66.7 Å². The van der Waals surface area contributed by atoms with Crippen LogP contribution in [-0.2, 0) is 0 Å². The Bertz CT molecular complexity index is 830. The van der Waals surface area contributed by atoms with Gasteiger partial charge in [0.05, 0.1) is 12.8 Å². The highest BCUT2D eigenvalue weighted by Gasteiger charge is 2.01. The summed E-state index contributed by atoms with van der Waals surface area (Å²) in [5.41, 5.74) is 1.65. The largest absolute Gasteiger partial charge is 0.496 e. The number of methoxy groups -OCH3 is 1. The predicted molar refractivity (Wildman–Crippen MR) is 98.2 cm³/mol. The van der Waals surface area contributed by atoms with Crippen LogP contribution in [0.15, 0.2) is 77.8 Å². The minimum Gasteiger partial charge on any atom is -0.496 e. The molecular weight excluding hydrogens is 322 g/mol. The molecule has 0 saturated heterocycles. The van der Waals surface area contributed by atoms with Crippen LogP contribution in [0.5, 0.6) is 17.2 Å². The van der Waals surface area contributed by atoms with Crippen molar-refractivity contribution in [3.63, 3.8) is 0 Å². The standard InChI is InChI=1S/C20H16ClNO2/c1-23-20-12-7-16(21)13-15(20)14-22-17-8-10-19(11-9-17)24-18-5-3-2-4-6-18/h2-14H,1H3. The SMILES string of the molecule is COc1ccc(Cl)cc1C=Nc1ccc(Oc2ccccc2)cc1. The number of para-hydroxylation sites is 1. The van der Waals surface area contributed by atoms with Crippen LogP contribution >= 0.6 is 11.6 Å². The van der Waals surface area contributed by atoms with Crippen molar-refractivity contribution in [1.82, 2.24) is 0 Å². The number of ether oxygens (including phenoxy) is 2. The van der Waals surface area contributed by atoms with Crippen LogP contribution in [0.25, 0.3) is 0 Å². The zero-order chi connectivity index (χ0) is 16.8. The summed E-state index contributed by atoms with van der Waals surface area (Å²) in [6.45, 7) is 0. The van der Waals surface area contributed by atoms with Gasteiger partial charge in [0.15, 0.2) is 0 Å². The van der Waals surface area contributed by atoms with Crippen molar-refractivity contribution in [1.29, 1.82) is 0 Å². The first-order valence-electron chi connectivity index (χ1n) is 7.45. The molecule has 120 valence electrons. The van der Waals surface area contributed by atoms with Gasteiger partial charge >= 0.3 is 0 Å². The third-order valence-corrected chi connectivity index (χ3v) is 3.60. The number of nitrogens with zero attached hydrogens (tertiary/aromatic N) is 1. The number of benzene rings is 3. The molecule has 24 heavy (non-hydrogen) atoms. The molecule has 0 atom stereocenters. The Morgan fingerprint density at radius 1 is 0.875 bits per heavy atom. The van der Waals surface area contributed by atoms with Crippen LogP contribution in [0.2, 0.25) is 5.02 Å². The van der Waals surface area contributed by atoms with E-state index in [4.69, 9.17) is 21.1 Å². The third kappa shape index (κ3) is 4.15. The van der Waals surface area contributed by atoms with E-state index in [1.54, 1.807) is 19.4 Å². The second-order valence-corrected chi connectivity index (χ2v) is 5.49. The Hall–Kier alpha value is -2.78. The highest BCUT2D eigenvalue weighted by molar-refractivity contribution is 6.30. The van der Waals surface area contributed by atoms with Crippen LogP contribution in [0, 0.1) is 0 Å². The lowest BCUT2D eigenvalue weighted by molar-refractivity contribution is 0.414. The van der Waals surface area contributed by atoms with Crippen molar-refractivity contribution < 1.29 is 9.47 Å². The molecule has 0 heterocycles. The Morgan fingerprint density at radius 2 is 1.58 bits per heavy atom. The second kappa shape index (κ2) is 7.66. The quantitative estimate of drug-likeness (QED) is 0.543. The van der Waals surface area contributed by atoms with Gasteiger partial charge in [0, 0.05) is 16.8 Å². The zero-order valence-corrected chi connectivity index (χ0v) is 13.9. The summed E-state index contributed by atoms with van der Waals surface area (Å²) in [6.07, 6.45) is 1.73. The van der Waals surface area contributed by atoms with E-state index in [-0.39, 0.29) is 0 Å². The molecular formula is C20H16ClNO2. The van der Waals surface area contributed by atoms with Gasteiger partial charge in [-0.1, -0.05) is 29.8 Å². The average molecular weight is 338 g/mol. The van der Waals surface area contributed by atoms with Crippen LogP contribution in [0.1, 0.15) is 5.56 Å². The fourth-order valence-electron chi connectivity index (χ4n) is 2.18. The lowest BCUT2D eigenvalue weighted by Crippen LogP contribution is -1.90. The molecule has 4 heteroatoms. The van der Waals surface area contributed by atoms with Crippen molar-refractivity contribution in [3.8, 4) is 17.2 Å². The second-order valence-electron chi connectivity index (χ2n) is 5.05. The van der Waals surface area contributed by atoms with Crippen molar-refractivity contribution in [2.45, 2.75) is 0 Å². The van der Waals surface area contributed by atoms with Crippen molar-refractivity contribution >= 4 is 23.5 Å². The summed E-state index contributed by atoms with van der Waals surface area (Å²) in [7, 11) is 1.62. The first-order valence-corrected chi connectivity index (χ1v) is 7.83. The molecule has 0 aliphatic rings. The molecule has 0 aliphatic carbocycles. The normalized spacial score (nSPS) is 10.8. The minimum atomic E-state index is 0.642. The van der Waals surface area contributed by atoms with E-state index in [0.29, 0.717) is 5.02 Å². The first-order chi connectivity index (χ1) is 11.7. The topological polar surface area (TPSA) is 30.8 Å². The lowest BCUT2D eigenvalue weighted by Gasteiger charge is -2.06. The maximum Gasteiger partial charge on any atom is 0.127 e. The van der Waals surface area contributed by atoms with Gasteiger partial charge in [-0.3, -0.25) is 4.99 Å². The molecule has 0 bridgehead atoms. The number of hydrogen-bond donors (Lipinski definition) is 0. The van der Waals surface area contributed by atoms with E-state index in [1.165, 1.54) is 0 Å². The third-order valence-electron chi connectivity index (χ3n) is 3.36. The number of aliphatic imine (C=N–C) groups is 1. The molecule has 0 radical (unpaired) electrons. The summed E-state index contributed by atoms with van der Waals surface area (Å²) in [5, 5.41) is 0.642. The summed E-state index contributed by atoms with van der Waals surface area (Å²) < 4.78 is 11.1. The molecule has 3 aromatic rings. The fourth-order valence-corrected chi connectivity index (χ4v) is 2.36. The van der Waals surface area contributed by atoms with Gasteiger partial charge in [0.2, 0.25) is 0 Å². The highest BCUT2D eigenvalue weighted by Crippen LogP contribution is 2.25. The number of rotatable bonds is 5. The molecule has 0 spiro atoms. The molecule has 3 aromatic carbocycles. The fraction of sp³-hybridized carbons (Fsp3) is 0.0500. The summed E-state index contributed by atoms with van der Waals surface area (Å²) >= 11 is 6.02. The van der Waals surface area contributed by atoms with Crippen molar-refractivity contribution in [2.75, 3.05) is 7.11 Å². The van der Waals surface area contributed by atoms with E-state index in [9.17, 15) is 0 Å².